The topological polar surface area (TPSA) is 55.0 Å². The first-order valence-electron chi connectivity index (χ1n) is 4.71. The van der Waals surface area contributed by atoms with Gasteiger partial charge < -0.3 is 4.74 Å². The number of rotatable bonds is 2. The van der Waals surface area contributed by atoms with Gasteiger partial charge in [-0.15, -0.1) is 0 Å². The number of nitrogens with zero attached hydrogens (tertiary/aromatic N) is 1. The summed E-state index contributed by atoms with van der Waals surface area (Å²) in [5.41, 5.74) is 1.02. The number of halogens is 2. The molecule has 0 fully saturated rings. The third-order valence-corrected chi connectivity index (χ3v) is 2.74. The first kappa shape index (κ1) is 15.5. The number of aromatic nitrogens is 2. The summed E-state index contributed by atoms with van der Waals surface area (Å²) >= 11 is 12.0. The molecule has 0 aliphatic heterocycles. The molecule has 1 aromatic carbocycles. The monoisotopic (exact) mass is 294 g/mol. The van der Waals surface area contributed by atoms with E-state index in [9.17, 15) is 4.79 Å². The maximum absolute atomic E-state index is 10.9. The van der Waals surface area contributed by atoms with E-state index in [1.165, 1.54) is 13.2 Å². The van der Waals surface area contributed by atoms with E-state index in [-0.39, 0.29) is 35.1 Å². The molecule has 2 rings (SSSR count). The SMILES string of the molecule is COc1c(Cl)cc(-c2ccc(=O)[nH]n2)cc1Cl.[NaH]. The molecule has 0 amide bonds. The van der Waals surface area contributed by atoms with Crippen molar-refractivity contribution >= 4 is 52.8 Å². The van der Waals surface area contributed by atoms with Crippen molar-refractivity contribution in [2.75, 3.05) is 7.11 Å². The number of methoxy groups -OCH3 is 1. The second kappa shape index (κ2) is 6.59. The molecule has 7 heteroatoms. The molecule has 1 N–H and O–H groups in total. The summed E-state index contributed by atoms with van der Waals surface area (Å²) in [5.74, 6) is 0.418. The number of aromatic amines is 1. The fraction of sp³-hybridized carbons (Fsp3) is 0.0909. The summed E-state index contributed by atoms with van der Waals surface area (Å²) in [6.45, 7) is 0. The Bertz CT molecular complexity index is 573. The molecule has 0 unspecified atom stereocenters. The van der Waals surface area contributed by atoms with Gasteiger partial charge in [0.1, 0.15) is 0 Å². The van der Waals surface area contributed by atoms with Gasteiger partial charge in [0.2, 0.25) is 0 Å². The van der Waals surface area contributed by atoms with E-state index in [2.05, 4.69) is 10.2 Å². The van der Waals surface area contributed by atoms with Gasteiger partial charge >= 0.3 is 29.6 Å². The Kier molecular flexibility index (Phi) is 5.69. The van der Waals surface area contributed by atoms with Crippen LogP contribution >= 0.6 is 23.2 Å². The number of hydrogen-bond acceptors (Lipinski definition) is 3. The molecule has 0 bridgehead atoms. The Labute approximate surface area is 136 Å². The molecule has 1 aromatic heterocycles. The molecule has 0 atom stereocenters. The van der Waals surface area contributed by atoms with Gasteiger partial charge in [-0.2, -0.15) is 5.10 Å². The molecule has 0 aliphatic rings. The van der Waals surface area contributed by atoms with Crippen LogP contribution in [-0.4, -0.2) is 46.9 Å². The van der Waals surface area contributed by atoms with Crippen LogP contribution in [0.1, 0.15) is 0 Å². The van der Waals surface area contributed by atoms with Crippen LogP contribution in [-0.2, 0) is 0 Å². The molecule has 2 aromatic rings. The molecule has 4 nitrogen and oxygen atoms in total. The average Bonchev–Trinajstić information content (AvgIpc) is 2.29. The Morgan fingerprint density at radius 2 is 1.83 bits per heavy atom. The van der Waals surface area contributed by atoms with Crippen LogP contribution in [0.3, 0.4) is 0 Å². The number of benzene rings is 1. The van der Waals surface area contributed by atoms with Crippen molar-refractivity contribution in [1.29, 1.82) is 0 Å². The van der Waals surface area contributed by atoms with E-state index < -0.39 is 0 Å². The molecular weight excluding hydrogens is 286 g/mol. The van der Waals surface area contributed by atoms with Crippen LogP contribution in [0.25, 0.3) is 11.3 Å². The second-order valence-corrected chi connectivity index (χ2v) is 4.09. The van der Waals surface area contributed by atoms with Gasteiger partial charge in [0.15, 0.2) is 5.75 Å². The van der Waals surface area contributed by atoms with Crippen LogP contribution in [0.5, 0.6) is 5.75 Å². The van der Waals surface area contributed by atoms with Gasteiger partial charge in [-0.05, 0) is 18.2 Å². The maximum atomic E-state index is 10.9. The predicted molar refractivity (Wildman–Crippen MR) is 74.0 cm³/mol. The van der Waals surface area contributed by atoms with E-state index in [1.807, 2.05) is 0 Å². The van der Waals surface area contributed by atoms with Gasteiger partial charge in [-0.25, -0.2) is 5.10 Å². The van der Waals surface area contributed by atoms with Crippen LogP contribution in [0.4, 0.5) is 0 Å². The molecule has 0 spiro atoms. The first-order chi connectivity index (χ1) is 8.11. The normalized spacial score (nSPS) is 9.72. The molecule has 0 aliphatic carbocycles. The van der Waals surface area contributed by atoms with E-state index in [0.717, 1.165) is 0 Å². The summed E-state index contributed by atoms with van der Waals surface area (Å²) < 4.78 is 5.04. The van der Waals surface area contributed by atoms with Gasteiger partial charge in [0, 0.05) is 11.6 Å². The Balaban J connectivity index is 0.00000162. The van der Waals surface area contributed by atoms with Crippen LogP contribution < -0.4 is 10.3 Å². The zero-order valence-electron chi connectivity index (χ0n) is 8.83. The van der Waals surface area contributed by atoms with Crippen molar-refractivity contribution in [2.45, 2.75) is 0 Å². The number of ether oxygens (including phenoxy) is 1. The minimum absolute atomic E-state index is 0. The summed E-state index contributed by atoms with van der Waals surface area (Å²) in [6, 6.07) is 6.32. The Morgan fingerprint density at radius 1 is 1.22 bits per heavy atom. The van der Waals surface area contributed by atoms with E-state index >= 15 is 0 Å². The van der Waals surface area contributed by atoms with Crippen molar-refractivity contribution < 1.29 is 4.74 Å². The quantitative estimate of drug-likeness (QED) is 0.863. The fourth-order valence-electron chi connectivity index (χ4n) is 1.41. The number of nitrogens with one attached hydrogen (secondary N) is 1. The molecule has 90 valence electrons. The van der Waals surface area contributed by atoms with E-state index in [4.69, 9.17) is 27.9 Å². The molecule has 0 radical (unpaired) electrons. The van der Waals surface area contributed by atoms with Gasteiger partial charge in [0.05, 0.1) is 22.8 Å². The zero-order valence-corrected chi connectivity index (χ0v) is 10.3. The third-order valence-electron chi connectivity index (χ3n) is 2.18. The van der Waals surface area contributed by atoms with E-state index in [1.54, 1.807) is 18.2 Å². The van der Waals surface area contributed by atoms with Crippen molar-refractivity contribution in [3.8, 4) is 17.0 Å². The van der Waals surface area contributed by atoms with E-state index in [0.29, 0.717) is 27.1 Å². The van der Waals surface area contributed by atoms with Gasteiger partial charge in [-0.1, -0.05) is 23.2 Å². The number of H-pyrrole nitrogens is 1. The van der Waals surface area contributed by atoms with Gasteiger partial charge in [-0.3, -0.25) is 4.79 Å². The number of hydrogen-bond donors (Lipinski definition) is 1. The summed E-state index contributed by atoms with van der Waals surface area (Å²) in [4.78, 5) is 10.9. The second-order valence-electron chi connectivity index (χ2n) is 3.28. The van der Waals surface area contributed by atoms with Crippen LogP contribution in [0.15, 0.2) is 29.1 Å². The standard InChI is InChI=1S/C11H8Cl2N2O2.Na.H/c1-17-11-7(12)4-6(5-8(11)13)9-2-3-10(16)15-14-9;;/h2-5H,1H3,(H,15,16);;. The average molecular weight is 295 g/mol. The van der Waals surface area contributed by atoms with Crippen molar-refractivity contribution in [2.24, 2.45) is 0 Å². The Hall–Kier alpha value is -0.520. The fourth-order valence-corrected chi connectivity index (χ4v) is 2.05. The molecular formula is C11H9Cl2N2NaO2. The zero-order chi connectivity index (χ0) is 12.4. The van der Waals surface area contributed by atoms with Crippen molar-refractivity contribution in [3.05, 3.63) is 44.7 Å². The Morgan fingerprint density at radius 3 is 2.28 bits per heavy atom. The predicted octanol–water partition coefficient (Wildman–Crippen LogP) is 2.10. The third kappa shape index (κ3) is 3.28. The van der Waals surface area contributed by atoms with Crippen molar-refractivity contribution in [3.63, 3.8) is 0 Å². The van der Waals surface area contributed by atoms with Crippen LogP contribution in [0, 0.1) is 0 Å². The summed E-state index contributed by atoms with van der Waals surface area (Å²) in [7, 11) is 1.49. The van der Waals surface area contributed by atoms with Gasteiger partial charge in [0.25, 0.3) is 5.56 Å². The van der Waals surface area contributed by atoms with Crippen LogP contribution in [0.2, 0.25) is 10.0 Å². The summed E-state index contributed by atoms with van der Waals surface area (Å²) in [5, 5.41) is 7.02. The molecule has 0 saturated heterocycles. The summed E-state index contributed by atoms with van der Waals surface area (Å²) in [6.07, 6.45) is 0. The first-order valence-corrected chi connectivity index (χ1v) is 5.46. The molecule has 18 heavy (non-hydrogen) atoms. The van der Waals surface area contributed by atoms with Crippen molar-refractivity contribution in [1.82, 2.24) is 10.2 Å². The molecule has 1 heterocycles. The molecule has 0 saturated carbocycles. The minimum atomic E-state index is -0.264.